The lowest BCUT2D eigenvalue weighted by atomic mass is 9.83. The summed E-state index contributed by atoms with van der Waals surface area (Å²) >= 11 is 0. The number of ether oxygens (including phenoxy) is 18. The summed E-state index contributed by atoms with van der Waals surface area (Å²) in [5.74, 6) is 3.14. The van der Waals surface area contributed by atoms with Gasteiger partial charge in [0.1, 0.15) is 97.0 Å². The number of aliphatic hydroxyl groups is 11. The van der Waals surface area contributed by atoms with Gasteiger partial charge >= 0.3 is 0 Å². The average molecular weight is 1670 g/mol. The maximum Gasteiger partial charge on any atom is 0.248 e. The van der Waals surface area contributed by atoms with Gasteiger partial charge in [0.2, 0.25) is 5.91 Å². The fourth-order valence-electron chi connectivity index (χ4n) is 13.9. The smallest absolute Gasteiger partial charge is 0.248 e. The third kappa shape index (κ3) is 41.3. The minimum atomic E-state index is -2.19. The summed E-state index contributed by atoms with van der Waals surface area (Å²) < 4.78 is 101. The highest BCUT2D eigenvalue weighted by Gasteiger charge is 2.48. The van der Waals surface area contributed by atoms with E-state index in [0.717, 1.165) is 72.1 Å². The van der Waals surface area contributed by atoms with Crippen molar-refractivity contribution in [3.63, 3.8) is 0 Å². The number of methoxy groups -OCH3 is 1. The predicted molar refractivity (Wildman–Crippen MR) is 428 cm³/mol. The minimum Gasteiger partial charge on any atom is -0.493 e. The Hall–Kier alpha value is -3.16. The van der Waals surface area contributed by atoms with Crippen molar-refractivity contribution in [1.82, 2.24) is 10.2 Å². The van der Waals surface area contributed by atoms with E-state index in [0.29, 0.717) is 184 Å². The monoisotopic (exact) mass is 1670 g/mol. The lowest BCUT2D eigenvalue weighted by Gasteiger charge is -2.42. The molecule has 680 valence electrons. The largest absolute Gasteiger partial charge is 0.493 e. The molecule has 12 N–H and O–H groups in total. The molecular formula is C83H152N2O31. The van der Waals surface area contributed by atoms with Gasteiger partial charge in [-0.15, -0.1) is 0 Å². The standard InChI is InChI=1S/C83H152N2O31/c1-10-58(3)18-12-19-59(4)20-13-21-60(5)22-14-25-83(8)26-24-64-62(7)79(63(11-2)61(6)80(64)116-83)111-31-17-30-85(69(89)57-110-53-52-109-51-50-108-49-48-107-47-46-106-45-44-105-43-42-104-41-40-103-39-38-102-37-36-101-35-34-100-33-32-99-9)29-16-28-84-27-15-23-65(87)70(90)74(94)71(91)66(88)55-112-81-78(98)76(96)73(93)68(115-81)56-113-82-77(97)75(95)72(92)67(54-86)114-82/h58-60,66-68,70-78,81-82,84,86,88,90-98H,10-57H2,1-9H3/t58?,59-,60-,66-,67-,68-,70+,71-,72-,73-,74-,75+,76+,77-,78-,81+,82+,83-/m1/s1. The fraction of sp³-hybridized carbons (Fsp3) is 0.904. The van der Waals surface area contributed by atoms with Crippen molar-refractivity contribution in [2.75, 3.05) is 212 Å². The molecule has 116 heavy (non-hydrogen) atoms. The first-order valence-corrected chi connectivity index (χ1v) is 42.7. The third-order valence-corrected chi connectivity index (χ3v) is 21.5. The van der Waals surface area contributed by atoms with Gasteiger partial charge in [0, 0.05) is 37.7 Å². The van der Waals surface area contributed by atoms with Crippen molar-refractivity contribution in [2.45, 2.75) is 256 Å². The fourth-order valence-corrected chi connectivity index (χ4v) is 13.9. The van der Waals surface area contributed by atoms with Gasteiger partial charge in [0.05, 0.1) is 172 Å². The van der Waals surface area contributed by atoms with Gasteiger partial charge in [-0.25, -0.2) is 0 Å². The topological polar surface area (TPSA) is 438 Å². The van der Waals surface area contributed by atoms with Crippen LogP contribution in [0.15, 0.2) is 0 Å². The molecule has 0 spiro atoms. The molecule has 1 aromatic rings. The molecular weight excluding hydrogens is 1520 g/mol. The maximum absolute atomic E-state index is 13.9. The van der Waals surface area contributed by atoms with Gasteiger partial charge < -0.3 is 152 Å². The van der Waals surface area contributed by atoms with Gasteiger partial charge in [0.15, 0.2) is 18.4 Å². The van der Waals surface area contributed by atoms with Gasteiger partial charge in [-0.05, 0) is 114 Å². The second-order valence-electron chi connectivity index (χ2n) is 31.0. The zero-order valence-electron chi connectivity index (χ0n) is 71.3. The van der Waals surface area contributed by atoms with E-state index in [1.807, 2.05) is 0 Å². The summed E-state index contributed by atoms with van der Waals surface area (Å²) in [6.45, 7) is 27.1. The number of Topliss-reactive ketones (excluding diaryl/α,β-unsaturated/α-hetero) is 1. The van der Waals surface area contributed by atoms with Crippen LogP contribution in [0.2, 0.25) is 0 Å². The lowest BCUT2D eigenvalue weighted by molar-refractivity contribution is -0.333. The number of ketones is 1. The van der Waals surface area contributed by atoms with Gasteiger partial charge in [-0.1, -0.05) is 86.0 Å². The third-order valence-electron chi connectivity index (χ3n) is 21.5. The Morgan fingerprint density at radius 3 is 1.47 bits per heavy atom. The summed E-state index contributed by atoms with van der Waals surface area (Å²) in [4.78, 5) is 28.7. The lowest BCUT2D eigenvalue weighted by Crippen LogP contribution is -2.62. The normalized spacial score (nSPS) is 23.5. The summed E-state index contributed by atoms with van der Waals surface area (Å²) in [5, 5.41) is 118. The number of rotatable bonds is 73. The molecule has 0 radical (unpaired) electrons. The van der Waals surface area contributed by atoms with Crippen LogP contribution in [0.1, 0.15) is 160 Å². The van der Waals surface area contributed by atoms with Crippen LogP contribution in [0.25, 0.3) is 0 Å². The van der Waals surface area contributed by atoms with E-state index in [9.17, 15) is 65.8 Å². The average Bonchev–Trinajstić information content (AvgIpc) is 0.754. The number of benzene rings is 1. The summed E-state index contributed by atoms with van der Waals surface area (Å²) in [6.07, 6.45) is -9.36. The molecule has 0 aromatic heterocycles. The van der Waals surface area contributed by atoms with E-state index >= 15 is 0 Å². The molecule has 33 nitrogen and oxygen atoms in total. The second-order valence-corrected chi connectivity index (χ2v) is 31.0. The first-order chi connectivity index (χ1) is 55.9. The number of hydrogen-bond donors (Lipinski definition) is 12. The van der Waals surface area contributed by atoms with E-state index in [2.05, 4.69) is 60.7 Å². The van der Waals surface area contributed by atoms with Crippen LogP contribution in [0, 0.1) is 31.6 Å². The van der Waals surface area contributed by atoms with Gasteiger partial charge in [-0.3, -0.25) is 9.59 Å². The first-order valence-electron chi connectivity index (χ1n) is 42.7. The Labute approximate surface area is 689 Å². The molecule has 0 saturated carbocycles. The highest BCUT2D eigenvalue weighted by molar-refractivity contribution is 5.83. The second kappa shape index (κ2) is 62.9. The predicted octanol–water partition coefficient (Wildman–Crippen LogP) is 2.62. The summed E-state index contributed by atoms with van der Waals surface area (Å²) in [5.41, 5.74) is 4.29. The van der Waals surface area contributed by atoms with E-state index in [-0.39, 0.29) is 44.2 Å². The Kier molecular flexibility index (Phi) is 57.0. The molecule has 2 fully saturated rings. The molecule has 1 aromatic carbocycles. The highest BCUT2D eigenvalue weighted by atomic mass is 16.7. The number of nitrogens with zero attached hydrogens (tertiary/aromatic N) is 1. The number of aliphatic hydroxyl groups excluding tert-OH is 11. The Morgan fingerprint density at radius 2 is 0.974 bits per heavy atom. The van der Waals surface area contributed by atoms with E-state index < -0.39 is 111 Å². The molecule has 3 aliphatic rings. The molecule has 1 amide bonds. The number of nitrogens with one attached hydrogen (secondary N) is 1. The van der Waals surface area contributed by atoms with Gasteiger partial charge in [0.25, 0.3) is 0 Å². The van der Waals surface area contributed by atoms with Gasteiger partial charge in [-0.2, -0.15) is 0 Å². The Bertz CT molecular complexity index is 2650. The van der Waals surface area contributed by atoms with Crippen LogP contribution >= 0.6 is 0 Å². The van der Waals surface area contributed by atoms with Crippen molar-refractivity contribution in [3.05, 3.63) is 22.3 Å². The molecule has 0 aliphatic carbocycles. The van der Waals surface area contributed by atoms with Crippen molar-refractivity contribution in [1.29, 1.82) is 0 Å². The van der Waals surface area contributed by atoms with Crippen molar-refractivity contribution in [3.8, 4) is 11.5 Å². The van der Waals surface area contributed by atoms with E-state index in [4.69, 9.17) is 85.3 Å². The van der Waals surface area contributed by atoms with E-state index in [1.165, 1.54) is 56.9 Å². The molecule has 3 aliphatic heterocycles. The first kappa shape index (κ1) is 105. The van der Waals surface area contributed by atoms with Crippen molar-refractivity contribution in [2.24, 2.45) is 17.8 Å². The van der Waals surface area contributed by atoms with Crippen LogP contribution in [0.5, 0.6) is 11.5 Å². The molecule has 18 atom stereocenters. The summed E-state index contributed by atoms with van der Waals surface area (Å²) in [7, 11) is 1.63. The molecule has 33 heteroatoms. The number of carbonyl (C=O) groups excluding carboxylic acids is 2. The number of amides is 1. The van der Waals surface area contributed by atoms with Crippen LogP contribution in [-0.2, 0) is 98.2 Å². The zero-order valence-corrected chi connectivity index (χ0v) is 71.3. The molecule has 3 heterocycles. The van der Waals surface area contributed by atoms with Crippen molar-refractivity contribution < 1.29 is 151 Å². The highest BCUT2D eigenvalue weighted by Crippen LogP contribution is 2.46. The zero-order chi connectivity index (χ0) is 84.9. The van der Waals surface area contributed by atoms with Crippen LogP contribution in [0.3, 0.4) is 0 Å². The molecule has 2 saturated heterocycles. The maximum atomic E-state index is 13.9. The minimum absolute atomic E-state index is 0.171. The SMILES string of the molecule is CCc1c(C)c2c(c(C)c1OCCCN(CCCNCCCC(=O)[C@H](O)[C@@H](O)[C@H](O)[C@H](O)CO[C@H]1O[C@H](CO[C@H]3O[C@H](CO)[C@@H](O)[C@H](O)[C@H]3O)[C@@H](O)[C@H](O)[C@H]1O)C(=O)COCCOCCOCCOCCOCCOCCOCCOCCOCCOCCOCCOC)CC[C@@](C)(CCC[C@H](C)CCC[C@H](C)CCCC(C)CC)O2. The molecule has 0 bridgehead atoms. The summed E-state index contributed by atoms with van der Waals surface area (Å²) in [6, 6.07) is 0. The number of fused-ring (bicyclic) bond motifs is 1. The van der Waals surface area contributed by atoms with Crippen LogP contribution in [-0.4, -0.2) is 376 Å². The Morgan fingerprint density at radius 1 is 0.526 bits per heavy atom. The molecule has 1 unspecified atom stereocenters. The van der Waals surface area contributed by atoms with Crippen LogP contribution in [0.4, 0.5) is 0 Å². The van der Waals surface area contributed by atoms with Crippen LogP contribution < -0.4 is 14.8 Å². The van der Waals surface area contributed by atoms with E-state index in [1.54, 1.807) is 12.0 Å². The number of carbonyl (C=O) groups is 2. The molecule has 4 rings (SSSR count). The van der Waals surface area contributed by atoms with Crippen molar-refractivity contribution >= 4 is 11.7 Å². The number of hydrogen-bond acceptors (Lipinski definition) is 32. The quantitative estimate of drug-likeness (QED) is 0.0417. The Balaban J connectivity index is 1.16.